The van der Waals surface area contributed by atoms with Gasteiger partial charge in [-0.05, 0) is 29.9 Å². The van der Waals surface area contributed by atoms with Gasteiger partial charge in [-0.2, -0.15) is 0 Å². The highest BCUT2D eigenvalue weighted by Gasteiger charge is 2.19. The smallest absolute Gasteiger partial charge is 0.327 e. The fourth-order valence-electron chi connectivity index (χ4n) is 2.17. The Morgan fingerprint density at radius 2 is 1.53 bits per heavy atom. The highest BCUT2D eigenvalue weighted by molar-refractivity contribution is 5.79. The zero-order valence-corrected chi connectivity index (χ0v) is 12.8. The van der Waals surface area contributed by atoms with Crippen LogP contribution in [0.1, 0.15) is 57.6 Å². The van der Waals surface area contributed by atoms with Crippen molar-refractivity contribution >= 4 is 11.7 Å². The lowest BCUT2D eigenvalue weighted by Crippen LogP contribution is -2.28. The minimum atomic E-state index is -0.345. The summed E-state index contributed by atoms with van der Waals surface area (Å²) in [5.74, 6) is 0.574. The van der Waals surface area contributed by atoms with E-state index >= 15 is 0 Å². The molecule has 0 aliphatic rings. The lowest BCUT2D eigenvalue weighted by Gasteiger charge is -2.23. The minimum absolute atomic E-state index is 0.242. The number of para-hydroxylation sites is 1. The van der Waals surface area contributed by atoms with E-state index in [1.165, 1.54) is 18.2 Å². The average Bonchev–Trinajstić information content (AvgIpc) is 2.37. The molecule has 0 aromatic heterocycles. The molecule has 3 heteroatoms. The van der Waals surface area contributed by atoms with E-state index in [4.69, 9.17) is 4.74 Å². The van der Waals surface area contributed by atoms with E-state index in [1.54, 1.807) is 0 Å². The molecule has 1 aromatic rings. The van der Waals surface area contributed by atoms with E-state index < -0.39 is 0 Å². The Morgan fingerprint density at radius 1 is 1.05 bits per heavy atom. The van der Waals surface area contributed by atoms with Crippen LogP contribution < -0.4 is 5.32 Å². The molecule has 0 amide bonds. The van der Waals surface area contributed by atoms with Crippen LogP contribution >= 0.6 is 0 Å². The monoisotopic (exact) mass is 263 g/mol. The van der Waals surface area contributed by atoms with Gasteiger partial charge in [-0.15, -0.1) is 0 Å². The van der Waals surface area contributed by atoms with Crippen molar-refractivity contribution in [3.63, 3.8) is 0 Å². The number of carbonyl (C=O) groups is 1. The van der Waals surface area contributed by atoms with Crippen LogP contribution in [-0.4, -0.2) is 19.1 Å². The number of methoxy groups -OCH3 is 1. The van der Waals surface area contributed by atoms with Gasteiger partial charge in [0.15, 0.2) is 0 Å². The molecule has 0 fully saturated rings. The molecule has 0 saturated heterocycles. The first kappa shape index (κ1) is 15.5. The number of hydrogen-bond donors (Lipinski definition) is 1. The molecule has 3 nitrogen and oxygen atoms in total. The lowest BCUT2D eigenvalue weighted by molar-refractivity contribution is -0.141. The van der Waals surface area contributed by atoms with Crippen molar-refractivity contribution in [3.8, 4) is 0 Å². The molecule has 106 valence electrons. The second kappa shape index (κ2) is 6.60. The molecule has 1 rings (SSSR count). The summed E-state index contributed by atoms with van der Waals surface area (Å²) in [6.07, 6.45) is 0. The molecule has 0 aliphatic carbocycles. The highest BCUT2D eigenvalue weighted by Crippen LogP contribution is 2.32. The van der Waals surface area contributed by atoms with Crippen LogP contribution in [0.4, 0.5) is 5.69 Å². The summed E-state index contributed by atoms with van der Waals surface area (Å²) in [6.45, 7) is 10.5. The van der Waals surface area contributed by atoms with E-state index in [1.807, 2.05) is 6.92 Å². The van der Waals surface area contributed by atoms with Crippen molar-refractivity contribution < 1.29 is 9.53 Å². The number of rotatable bonds is 5. The number of esters is 1. The molecule has 0 radical (unpaired) electrons. The lowest BCUT2D eigenvalue weighted by atomic mass is 9.92. The molecule has 0 saturated carbocycles. The summed E-state index contributed by atoms with van der Waals surface area (Å²) >= 11 is 0. The van der Waals surface area contributed by atoms with E-state index in [9.17, 15) is 4.79 Å². The Balaban J connectivity index is 3.18. The number of hydrogen-bond acceptors (Lipinski definition) is 3. The molecule has 0 bridgehead atoms. The molecule has 0 unspecified atom stereocenters. The third-order valence-corrected chi connectivity index (χ3v) is 3.29. The Bertz CT molecular complexity index is 412. The average molecular weight is 263 g/mol. The highest BCUT2D eigenvalue weighted by atomic mass is 16.5. The van der Waals surface area contributed by atoms with E-state index in [-0.39, 0.29) is 12.0 Å². The number of anilines is 1. The van der Waals surface area contributed by atoms with E-state index in [0.717, 1.165) is 5.69 Å². The Morgan fingerprint density at radius 3 is 1.89 bits per heavy atom. The SMILES string of the molecule is COC(=O)[C@H](C)Nc1c(C(C)C)cccc1C(C)C. The third kappa shape index (κ3) is 3.72. The molecule has 19 heavy (non-hydrogen) atoms. The number of carbonyl (C=O) groups excluding carboxylic acids is 1. The van der Waals surface area contributed by atoms with Crippen molar-refractivity contribution in [1.29, 1.82) is 0 Å². The Kier molecular flexibility index (Phi) is 5.40. The second-order valence-electron chi connectivity index (χ2n) is 5.51. The zero-order valence-electron chi connectivity index (χ0n) is 12.8. The molecule has 0 aliphatic heterocycles. The van der Waals surface area contributed by atoms with Gasteiger partial charge in [-0.3, -0.25) is 0 Å². The zero-order chi connectivity index (χ0) is 14.6. The van der Waals surface area contributed by atoms with Gasteiger partial charge in [-0.25, -0.2) is 4.79 Å². The summed E-state index contributed by atoms with van der Waals surface area (Å²) in [5, 5.41) is 3.32. The van der Waals surface area contributed by atoms with Crippen LogP contribution in [-0.2, 0) is 9.53 Å². The summed E-state index contributed by atoms with van der Waals surface area (Å²) in [7, 11) is 1.41. The molecular formula is C16H25NO2. The predicted octanol–water partition coefficient (Wildman–Crippen LogP) is 3.91. The largest absolute Gasteiger partial charge is 0.467 e. The van der Waals surface area contributed by atoms with Gasteiger partial charge < -0.3 is 10.1 Å². The van der Waals surface area contributed by atoms with Crippen LogP contribution in [0.25, 0.3) is 0 Å². The van der Waals surface area contributed by atoms with Gasteiger partial charge in [0.1, 0.15) is 6.04 Å². The quantitative estimate of drug-likeness (QED) is 0.819. The molecule has 1 N–H and O–H groups in total. The predicted molar refractivity (Wildman–Crippen MR) is 79.7 cm³/mol. The van der Waals surface area contributed by atoms with Crippen LogP contribution in [0, 0.1) is 0 Å². The first-order valence-corrected chi connectivity index (χ1v) is 6.85. The van der Waals surface area contributed by atoms with E-state index in [2.05, 4.69) is 51.2 Å². The first-order valence-electron chi connectivity index (χ1n) is 6.85. The van der Waals surface area contributed by atoms with Crippen molar-refractivity contribution in [2.75, 3.05) is 12.4 Å². The minimum Gasteiger partial charge on any atom is -0.467 e. The normalized spacial score (nSPS) is 12.6. The summed E-state index contributed by atoms with van der Waals surface area (Å²) in [6, 6.07) is 5.96. The maximum Gasteiger partial charge on any atom is 0.327 e. The van der Waals surface area contributed by atoms with Crippen LogP contribution in [0.2, 0.25) is 0 Å². The molecular weight excluding hydrogens is 238 g/mol. The maximum absolute atomic E-state index is 11.6. The van der Waals surface area contributed by atoms with Crippen LogP contribution in [0.3, 0.4) is 0 Å². The number of ether oxygens (including phenoxy) is 1. The molecule has 1 aromatic carbocycles. The fraction of sp³-hybridized carbons (Fsp3) is 0.562. The Labute approximate surface area is 116 Å². The molecule has 0 spiro atoms. The van der Waals surface area contributed by atoms with Gasteiger partial charge >= 0.3 is 5.97 Å². The van der Waals surface area contributed by atoms with Crippen molar-refractivity contribution in [1.82, 2.24) is 0 Å². The number of nitrogens with one attached hydrogen (secondary N) is 1. The standard InChI is InChI=1S/C16H25NO2/c1-10(2)13-8-7-9-14(11(3)4)15(13)17-12(5)16(18)19-6/h7-12,17H,1-6H3/t12-/m0/s1. The van der Waals surface area contributed by atoms with Gasteiger partial charge in [0.2, 0.25) is 0 Å². The summed E-state index contributed by atoms with van der Waals surface area (Å²) in [5.41, 5.74) is 3.55. The molecule has 1 atom stereocenters. The second-order valence-corrected chi connectivity index (χ2v) is 5.51. The van der Waals surface area contributed by atoms with Crippen molar-refractivity contribution in [3.05, 3.63) is 29.3 Å². The van der Waals surface area contributed by atoms with Crippen molar-refractivity contribution in [2.45, 2.75) is 52.5 Å². The van der Waals surface area contributed by atoms with Gasteiger partial charge in [0.05, 0.1) is 7.11 Å². The van der Waals surface area contributed by atoms with Gasteiger partial charge in [0.25, 0.3) is 0 Å². The third-order valence-electron chi connectivity index (χ3n) is 3.29. The van der Waals surface area contributed by atoms with Crippen molar-refractivity contribution in [2.24, 2.45) is 0 Å². The number of benzene rings is 1. The summed E-state index contributed by atoms with van der Waals surface area (Å²) < 4.78 is 4.78. The molecule has 0 heterocycles. The van der Waals surface area contributed by atoms with E-state index in [0.29, 0.717) is 11.8 Å². The Hall–Kier alpha value is -1.51. The topological polar surface area (TPSA) is 38.3 Å². The first-order chi connectivity index (χ1) is 8.88. The van der Waals surface area contributed by atoms with Crippen LogP contribution in [0.5, 0.6) is 0 Å². The van der Waals surface area contributed by atoms with Gasteiger partial charge in [0, 0.05) is 5.69 Å². The van der Waals surface area contributed by atoms with Crippen LogP contribution in [0.15, 0.2) is 18.2 Å². The maximum atomic E-state index is 11.6. The van der Waals surface area contributed by atoms with Gasteiger partial charge in [-0.1, -0.05) is 45.9 Å². The fourth-order valence-corrected chi connectivity index (χ4v) is 2.17. The summed E-state index contributed by atoms with van der Waals surface area (Å²) in [4.78, 5) is 11.6.